The molecule has 1 N–H and O–H groups in total. The van der Waals surface area contributed by atoms with Gasteiger partial charge in [-0.15, -0.1) is 11.6 Å². The predicted molar refractivity (Wildman–Crippen MR) is 45.2 cm³/mol. The summed E-state index contributed by atoms with van der Waals surface area (Å²) in [6.07, 6.45) is 0. The van der Waals surface area contributed by atoms with Crippen LogP contribution in [0.25, 0.3) is 0 Å². The molecule has 10 heavy (non-hydrogen) atoms. The summed E-state index contributed by atoms with van der Waals surface area (Å²) in [5.74, 6) is -0.909. The molecule has 0 aliphatic heterocycles. The fourth-order valence-corrected chi connectivity index (χ4v) is 0.962. The van der Waals surface area contributed by atoms with E-state index in [4.69, 9.17) is 16.7 Å². The molecule has 0 saturated carbocycles. The molecule has 0 heterocycles. The summed E-state index contributed by atoms with van der Waals surface area (Å²) >= 11 is 5.81. The Labute approximate surface area is 67.2 Å². The number of hydrogen-bond acceptors (Lipinski definition) is 1. The monoisotopic (exact) mass is 180 g/mol. The first-order valence-corrected chi connectivity index (χ1v) is 6.99. The molecule has 0 aromatic rings. The van der Waals surface area contributed by atoms with Gasteiger partial charge in [0, 0.05) is 0 Å². The quantitative estimate of drug-likeness (QED) is 0.521. The smallest absolute Gasteiger partial charge is 0.321 e. The zero-order valence-corrected chi connectivity index (χ0v) is 8.49. The lowest BCUT2D eigenvalue weighted by Gasteiger charge is -2.29. The van der Waals surface area contributed by atoms with Crippen molar-refractivity contribution in [3.63, 3.8) is 0 Å². The molecule has 0 spiro atoms. The van der Waals surface area contributed by atoms with E-state index in [9.17, 15) is 4.79 Å². The van der Waals surface area contributed by atoms with E-state index in [1.165, 1.54) is 0 Å². The second-order valence-corrected chi connectivity index (χ2v) is 10.1. The van der Waals surface area contributed by atoms with E-state index < -0.39 is 18.5 Å². The molecule has 0 fully saturated rings. The number of aliphatic carboxylic acids is 1. The Morgan fingerprint density at radius 1 is 1.50 bits per heavy atom. The lowest BCUT2D eigenvalue weighted by molar-refractivity contribution is -0.137. The maximum Gasteiger partial charge on any atom is 0.321 e. The van der Waals surface area contributed by atoms with Crippen LogP contribution in [0.3, 0.4) is 0 Å². The van der Waals surface area contributed by atoms with Gasteiger partial charge in [-0.25, -0.2) is 0 Å². The molecule has 1 unspecified atom stereocenters. The van der Waals surface area contributed by atoms with Crippen LogP contribution in [0.4, 0.5) is 0 Å². The van der Waals surface area contributed by atoms with Gasteiger partial charge in [0.25, 0.3) is 0 Å². The number of carboxylic acids is 1. The van der Waals surface area contributed by atoms with Crippen molar-refractivity contribution < 1.29 is 9.90 Å². The van der Waals surface area contributed by atoms with E-state index in [0.29, 0.717) is 0 Å². The third-order valence-corrected chi connectivity index (χ3v) is 6.70. The molecule has 0 bridgehead atoms. The highest BCUT2D eigenvalue weighted by Crippen LogP contribution is 2.27. The van der Waals surface area contributed by atoms with Gasteiger partial charge in [0.05, 0.1) is 8.07 Å². The van der Waals surface area contributed by atoms with Gasteiger partial charge in [-0.2, -0.15) is 0 Å². The van der Waals surface area contributed by atoms with E-state index in [2.05, 4.69) is 0 Å². The number of carbonyl (C=O) groups is 1. The highest BCUT2D eigenvalue weighted by molar-refractivity contribution is 6.89. The Morgan fingerprint density at radius 3 is 1.80 bits per heavy atom. The van der Waals surface area contributed by atoms with E-state index in [1.54, 1.807) is 6.92 Å². The van der Waals surface area contributed by atoms with Gasteiger partial charge >= 0.3 is 5.97 Å². The van der Waals surface area contributed by atoms with Crippen LogP contribution in [0.5, 0.6) is 0 Å². The van der Waals surface area contributed by atoms with Gasteiger partial charge < -0.3 is 5.11 Å². The molecule has 60 valence electrons. The summed E-state index contributed by atoms with van der Waals surface area (Å²) in [7, 11) is -1.78. The molecule has 1 atom stereocenters. The topological polar surface area (TPSA) is 37.3 Å². The van der Waals surface area contributed by atoms with Crippen molar-refractivity contribution in [2.24, 2.45) is 0 Å². The van der Waals surface area contributed by atoms with Crippen LogP contribution < -0.4 is 0 Å². The first-order chi connectivity index (χ1) is 4.19. The molecule has 0 radical (unpaired) electrons. The molecule has 0 aromatic heterocycles. The zero-order valence-electron chi connectivity index (χ0n) is 6.73. The largest absolute Gasteiger partial charge is 0.480 e. The first-order valence-electron chi connectivity index (χ1n) is 3.12. The number of carboxylic acid groups (broad SMARTS) is 1. The number of hydrogen-bond donors (Lipinski definition) is 1. The Morgan fingerprint density at radius 2 is 1.80 bits per heavy atom. The maximum atomic E-state index is 10.6. The van der Waals surface area contributed by atoms with E-state index in [-0.39, 0.29) is 0 Å². The van der Waals surface area contributed by atoms with Crippen molar-refractivity contribution in [3.05, 3.63) is 0 Å². The van der Waals surface area contributed by atoms with Crippen LogP contribution in [-0.2, 0) is 4.79 Å². The van der Waals surface area contributed by atoms with E-state index >= 15 is 0 Å². The lowest BCUT2D eigenvalue weighted by Crippen LogP contribution is -2.51. The van der Waals surface area contributed by atoms with Gasteiger partial charge in [-0.1, -0.05) is 19.6 Å². The van der Waals surface area contributed by atoms with Crippen molar-refractivity contribution in [2.45, 2.75) is 31.1 Å². The SMILES string of the molecule is CC(Cl)(C(=O)O)[Si](C)(C)C. The Bertz CT molecular complexity index is 148. The van der Waals surface area contributed by atoms with Gasteiger partial charge in [0.1, 0.15) is 4.50 Å². The average Bonchev–Trinajstić information content (AvgIpc) is 1.62. The van der Waals surface area contributed by atoms with Crippen molar-refractivity contribution in [3.8, 4) is 0 Å². The minimum atomic E-state index is -1.78. The summed E-state index contributed by atoms with van der Waals surface area (Å²) in [6, 6.07) is 0. The first kappa shape index (κ1) is 9.98. The maximum absolute atomic E-state index is 10.6. The molecule has 2 nitrogen and oxygen atoms in total. The molecule has 0 saturated heterocycles. The molecule has 0 rings (SSSR count). The minimum Gasteiger partial charge on any atom is -0.480 e. The highest BCUT2D eigenvalue weighted by atomic mass is 35.5. The standard InChI is InChI=1S/C6H13ClO2Si/c1-6(7,5(8)9)10(2,3)4/h1-4H3,(H,8,9). The van der Waals surface area contributed by atoms with Crippen LogP contribution in [0.15, 0.2) is 0 Å². The highest BCUT2D eigenvalue weighted by Gasteiger charge is 2.44. The molecule has 4 heteroatoms. The van der Waals surface area contributed by atoms with Gasteiger partial charge in [-0.05, 0) is 6.92 Å². The van der Waals surface area contributed by atoms with Crippen molar-refractivity contribution in [1.82, 2.24) is 0 Å². The molecule has 0 aliphatic carbocycles. The third-order valence-electron chi connectivity index (χ3n) is 1.81. The second kappa shape index (κ2) is 2.55. The summed E-state index contributed by atoms with van der Waals surface area (Å²) < 4.78 is -1.03. The normalized spacial score (nSPS) is 18.1. The van der Waals surface area contributed by atoms with Crippen LogP contribution in [0.2, 0.25) is 19.6 Å². The Kier molecular flexibility index (Phi) is 2.54. The van der Waals surface area contributed by atoms with Crippen LogP contribution in [0, 0.1) is 0 Å². The van der Waals surface area contributed by atoms with Crippen LogP contribution >= 0.6 is 11.6 Å². The third kappa shape index (κ3) is 1.73. The van der Waals surface area contributed by atoms with E-state index in [0.717, 1.165) is 0 Å². The van der Waals surface area contributed by atoms with Gasteiger partial charge in [0.15, 0.2) is 0 Å². The zero-order chi connectivity index (χ0) is 8.58. The van der Waals surface area contributed by atoms with Crippen molar-refractivity contribution >= 4 is 25.6 Å². The molecular weight excluding hydrogens is 168 g/mol. The average molecular weight is 181 g/mol. The summed E-state index contributed by atoms with van der Waals surface area (Å²) in [4.78, 5) is 10.6. The van der Waals surface area contributed by atoms with E-state index in [1.807, 2.05) is 19.6 Å². The Hall–Kier alpha value is -0.0231. The summed E-state index contributed by atoms with van der Waals surface area (Å²) in [5, 5.41) is 8.68. The number of halogens is 1. The molecule has 0 aliphatic rings. The van der Waals surface area contributed by atoms with Crippen LogP contribution in [0.1, 0.15) is 6.92 Å². The Balaban J connectivity index is 4.57. The molecule has 0 aromatic carbocycles. The van der Waals surface area contributed by atoms with Crippen molar-refractivity contribution in [1.29, 1.82) is 0 Å². The number of rotatable bonds is 2. The predicted octanol–water partition coefficient (Wildman–Crippen LogP) is 1.95. The van der Waals surface area contributed by atoms with Gasteiger partial charge in [0.2, 0.25) is 0 Å². The fourth-order valence-electron chi connectivity index (χ4n) is 0.321. The van der Waals surface area contributed by atoms with Gasteiger partial charge in [-0.3, -0.25) is 4.79 Å². The summed E-state index contributed by atoms with van der Waals surface area (Å²) in [6.45, 7) is 7.39. The second-order valence-electron chi connectivity index (χ2n) is 3.56. The minimum absolute atomic E-state index is 0.909. The lowest BCUT2D eigenvalue weighted by atomic mass is 10.5. The summed E-state index contributed by atoms with van der Waals surface area (Å²) in [5.41, 5.74) is 0. The number of alkyl halides is 1. The molecular formula is C6H13ClO2Si. The van der Waals surface area contributed by atoms with Crippen molar-refractivity contribution in [2.75, 3.05) is 0 Å². The van der Waals surface area contributed by atoms with Crippen LogP contribution in [-0.4, -0.2) is 23.6 Å². The molecule has 0 amide bonds. The fraction of sp³-hybridized carbons (Fsp3) is 0.833.